The number of benzene rings is 3. The number of carbonyl (C=O) groups is 1. The summed E-state index contributed by atoms with van der Waals surface area (Å²) in [6, 6.07) is 14.7. The average molecular weight is 431 g/mol. The predicted octanol–water partition coefficient (Wildman–Crippen LogP) is 5.38. The van der Waals surface area contributed by atoms with Crippen molar-refractivity contribution in [3.8, 4) is 0 Å². The quantitative estimate of drug-likeness (QED) is 0.427. The van der Waals surface area contributed by atoms with E-state index in [1.165, 1.54) is 18.2 Å². The molecular formula is C22H14F5N3O. The van der Waals surface area contributed by atoms with E-state index in [2.05, 4.69) is 15.3 Å². The molecule has 1 unspecified atom stereocenters. The van der Waals surface area contributed by atoms with Crippen molar-refractivity contribution in [2.24, 2.45) is 0 Å². The van der Waals surface area contributed by atoms with Crippen molar-refractivity contribution in [3.05, 3.63) is 101 Å². The lowest BCUT2D eigenvalue weighted by Crippen LogP contribution is -2.29. The molecule has 1 atom stereocenters. The SMILES string of the molecule is O=C(NC(c1ccccc1)c1ccc2nc(C(F)(F)F)[nH]c2c1)c1cc(F)cc(F)c1. The van der Waals surface area contributed by atoms with Gasteiger partial charge in [0, 0.05) is 11.6 Å². The Morgan fingerprint density at radius 2 is 1.58 bits per heavy atom. The normalized spacial score (nSPS) is 12.7. The van der Waals surface area contributed by atoms with Crippen LogP contribution in [0.25, 0.3) is 11.0 Å². The minimum absolute atomic E-state index is 0.112. The number of hydrogen-bond acceptors (Lipinski definition) is 2. The maximum atomic E-state index is 13.5. The highest BCUT2D eigenvalue weighted by Crippen LogP contribution is 2.30. The molecule has 0 fully saturated rings. The van der Waals surface area contributed by atoms with E-state index in [0.717, 1.165) is 12.1 Å². The zero-order valence-corrected chi connectivity index (χ0v) is 15.7. The summed E-state index contributed by atoms with van der Waals surface area (Å²) in [6.07, 6.45) is -4.63. The number of aromatic nitrogens is 2. The molecule has 0 spiro atoms. The van der Waals surface area contributed by atoms with Gasteiger partial charge in [0.1, 0.15) is 11.6 Å². The van der Waals surface area contributed by atoms with Crippen molar-refractivity contribution in [1.82, 2.24) is 15.3 Å². The molecule has 0 saturated carbocycles. The molecule has 158 valence electrons. The first-order valence-electron chi connectivity index (χ1n) is 9.09. The van der Waals surface area contributed by atoms with Crippen LogP contribution in [0.1, 0.15) is 33.4 Å². The molecule has 0 aliphatic rings. The van der Waals surface area contributed by atoms with E-state index < -0.39 is 35.6 Å². The highest BCUT2D eigenvalue weighted by Gasteiger charge is 2.34. The van der Waals surface area contributed by atoms with Gasteiger partial charge in [0.2, 0.25) is 5.82 Å². The monoisotopic (exact) mass is 431 g/mol. The Balaban J connectivity index is 1.74. The van der Waals surface area contributed by atoms with Crippen LogP contribution in [0, 0.1) is 11.6 Å². The molecule has 3 aromatic carbocycles. The van der Waals surface area contributed by atoms with Crippen molar-refractivity contribution in [1.29, 1.82) is 0 Å². The lowest BCUT2D eigenvalue weighted by Gasteiger charge is -2.20. The zero-order valence-electron chi connectivity index (χ0n) is 15.7. The Bertz CT molecular complexity index is 1230. The van der Waals surface area contributed by atoms with Gasteiger partial charge >= 0.3 is 6.18 Å². The van der Waals surface area contributed by atoms with Crippen molar-refractivity contribution in [2.75, 3.05) is 0 Å². The molecule has 1 heterocycles. The van der Waals surface area contributed by atoms with Crippen LogP contribution in [-0.4, -0.2) is 15.9 Å². The van der Waals surface area contributed by atoms with Gasteiger partial charge in [-0.3, -0.25) is 4.79 Å². The van der Waals surface area contributed by atoms with Crippen LogP contribution in [0.3, 0.4) is 0 Å². The van der Waals surface area contributed by atoms with Gasteiger partial charge in [0.05, 0.1) is 17.1 Å². The van der Waals surface area contributed by atoms with Gasteiger partial charge in [-0.1, -0.05) is 36.4 Å². The fraction of sp³-hybridized carbons (Fsp3) is 0.0909. The molecule has 2 N–H and O–H groups in total. The molecule has 4 nitrogen and oxygen atoms in total. The summed E-state index contributed by atoms with van der Waals surface area (Å²) in [6.45, 7) is 0. The summed E-state index contributed by atoms with van der Waals surface area (Å²) >= 11 is 0. The molecule has 9 heteroatoms. The molecule has 0 saturated heterocycles. The van der Waals surface area contributed by atoms with Gasteiger partial charge < -0.3 is 10.3 Å². The third kappa shape index (κ3) is 4.40. The second-order valence-corrected chi connectivity index (χ2v) is 6.84. The maximum Gasteiger partial charge on any atom is 0.449 e. The number of fused-ring (bicyclic) bond motifs is 1. The van der Waals surface area contributed by atoms with Crippen LogP contribution in [0.5, 0.6) is 0 Å². The Morgan fingerprint density at radius 1 is 0.903 bits per heavy atom. The number of aromatic amines is 1. The minimum Gasteiger partial charge on any atom is -0.341 e. The first-order chi connectivity index (χ1) is 14.7. The molecule has 4 rings (SSSR count). The molecular weight excluding hydrogens is 417 g/mol. The summed E-state index contributed by atoms with van der Waals surface area (Å²) in [5.41, 5.74) is 1.11. The average Bonchev–Trinajstić information content (AvgIpc) is 3.16. The smallest absolute Gasteiger partial charge is 0.341 e. The van der Waals surface area contributed by atoms with E-state index >= 15 is 0 Å². The van der Waals surface area contributed by atoms with Crippen LogP contribution >= 0.6 is 0 Å². The fourth-order valence-corrected chi connectivity index (χ4v) is 3.25. The Hall–Kier alpha value is -3.75. The summed E-state index contributed by atoms with van der Waals surface area (Å²) in [4.78, 5) is 18.5. The number of alkyl halides is 3. The number of H-pyrrole nitrogens is 1. The number of amides is 1. The van der Waals surface area contributed by atoms with Crippen molar-refractivity contribution in [2.45, 2.75) is 12.2 Å². The summed E-state index contributed by atoms with van der Waals surface area (Å²) in [7, 11) is 0. The van der Waals surface area contributed by atoms with Gasteiger partial charge in [-0.05, 0) is 35.4 Å². The van der Waals surface area contributed by atoms with Crippen LogP contribution in [0.15, 0.2) is 66.7 Å². The Kier molecular flexibility index (Phi) is 5.18. The molecule has 4 aromatic rings. The molecule has 1 amide bonds. The molecule has 0 radical (unpaired) electrons. The third-order valence-electron chi connectivity index (χ3n) is 4.64. The van der Waals surface area contributed by atoms with E-state index in [9.17, 15) is 26.7 Å². The zero-order chi connectivity index (χ0) is 22.2. The molecule has 31 heavy (non-hydrogen) atoms. The van der Waals surface area contributed by atoms with Gasteiger partial charge in [0.25, 0.3) is 5.91 Å². The number of nitrogens with one attached hydrogen (secondary N) is 2. The van der Waals surface area contributed by atoms with Gasteiger partial charge in [0.15, 0.2) is 0 Å². The number of halogens is 5. The minimum atomic E-state index is -4.63. The van der Waals surface area contributed by atoms with Crippen molar-refractivity contribution >= 4 is 16.9 Å². The van der Waals surface area contributed by atoms with Gasteiger partial charge in [-0.15, -0.1) is 0 Å². The first kappa shape index (κ1) is 20.5. The highest BCUT2D eigenvalue weighted by molar-refractivity contribution is 5.94. The van der Waals surface area contributed by atoms with E-state index in [-0.39, 0.29) is 16.6 Å². The first-order valence-corrected chi connectivity index (χ1v) is 9.09. The Morgan fingerprint density at radius 3 is 2.23 bits per heavy atom. The second kappa shape index (κ2) is 7.82. The maximum absolute atomic E-state index is 13.5. The van der Waals surface area contributed by atoms with Crippen LogP contribution in [0.2, 0.25) is 0 Å². The lowest BCUT2D eigenvalue weighted by molar-refractivity contribution is -0.144. The highest BCUT2D eigenvalue weighted by atomic mass is 19.4. The van der Waals surface area contributed by atoms with Crippen LogP contribution in [-0.2, 0) is 6.18 Å². The number of rotatable bonds is 4. The summed E-state index contributed by atoms with van der Waals surface area (Å²) in [5.74, 6) is -3.68. The summed E-state index contributed by atoms with van der Waals surface area (Å²) in [5, 5.41) is 2.69. The van der Waals surface area contributed by atoms with Crippen molar-refractivity contribution < 1.29 is 26.7 Å². The number of imidazole rings is 1. The second-order valence-electron chi connectivity index (χ2n) is 6.84. The van der Waals surface area contributed by atoms with E-state index in [1.54, 1.807) is 30.3 Å². The lowest BCUT2D eigenvalue weighted by atomic mass is 9.97. The predicted molar refractivity (Wildman–Crippen MR) is 103 cm³/mol. The third-order valence-corrected chi connectivity index (χ3v) is 4.64. The largest absolute Gasteiger partial charge is 0.449 e. The molecule has 0 aliphatic carbocycles. The fourth-order valence-electron chi connectivity index (χ4n) is 3.25. The van der Waals surface area contributed by atoms with E-state index in [0.29, 0.717) is 17.2 Å². The summed E-state index contributed by atoms with van der Waals surface area (Å²) < 4.78 is 65.9. The molecule has 0 bridgehead atoms. The topological polar surface area (TPSA) is 57.8 Å². The standard InChI is InChI=1S/C22H14F5N3O/c23-15-8-14(9-16(24)11-15)20(31)30-19(12-4-2-1-3-5-12)13-6-7-17-18(10-13)29-21(28-17)22(25,26)27/h1-11,19H,(H,28,29)(H,30,31). The van der Waals surface area contributed by atoms with E-state index in [4.69, 9.17) is 0 Å². The van der Waals surface area contributed by atoms with Crippen molar-refractivity contribution in [3.63, 3.8) is 0 Å². The van der Waals surface area contributed by atoms with Gasteiger partial charge in [-0.25, -0.2) is 13.8 Å². The Labute approximate surface area is 172 Å². The van der Waals surface area contributed by atoms with Crippen LogP contribution < -0.4 is 5.32 Å². The number of carbonyl (C=O) groups excluding carboxylic acids is 1. The molecule has 0 aliphatic heterocycles. The number of hydrogen-bond donors (Lipinski definition) is 2. The van der Waals surface area contributed by atoms with Crippen LogP contribution in [0.4, 0.5) is 22.0 Å². The molecule has 1 aromatic heterocycles. The number of nitrogens with zero attached hydrogens (tertiary/aromatic N) is 1. The van der Waals surface area contributed by atoms with E-state index in [1.807, 2.05) is 0 Å². The van der Waals surface area contributed by atoms with Gasteiger partial charge in [-0.2, -0.15) is 13.2 Å².